The van der Waals surface area contributed by atoms with Crippen molar-refractivity contribution in [3.8, 4) is 11.5 Å². The quantitative estimate of drug-likeness (QED) is 0.902. The Kier molecular flexibility index (Phi) is 3.96. The van der Waals surface area contributed by atoms with Gasteiger partial charge in [-0.25, -0.2) is 0 Å². The number of aromatic nitrogens is 1. The van der Waals surface area contributed by atoms with Gasteiger partial charge in [0, 0.05) is 12.7 Å². The number of pyridine rings is 1. The average Bonchev–Trinajstić information content (AvgIpc) is 2.34. The summed E-state index contributed by atoms with van der Waals surface area (Å²) >= 11 is 6.14. The fraction of sp³-hybridized carbons (Fsp3) is 0.154. The van der Waals surface area contributed by atoms with Crippen molar-refractivity contribution in [3.05, 3.63) is 53.3 Å². The van der Waals surface area contributed by atoms with Gasteiger partial charge >= 0.3 is 0 Å². The SMILES string of the molecule is CNCc1ccc(Oc2cccnc2)c(Cl)c1. The highest BCUT2D eigenvalue weighted by molar-refractivity contribution is 6.32. The fourth-order valence-electron chi connectivity index (χ4n) is 1.48. The molecule has 17 heavy (non-hydrogen) atoms. The maximum absolute atomic E-state index is 6.14. The summed E-state index contributed by atoms with van der Waals surface area (Å²) in [6.45, 7) is 0.785. The molecule has 0 aliphatic carbocycles. The van der Waals surface area contributed by atoms with Gasteiger partial charge in [-0.1, -0.05) is 17.7 Å². The fourth-order valence-corrected chi connectivity index (χ4v) is 1.72. The van der Waals surface area contributed by atoms with Gasteiger partial charge in [0.15, 0.2) is 0 Å². The minimum Gasteiger partial charge on any atom is -0.454 e. The molecule has 1 aromatic carbocycles. The lowest BCUT2D eigenvalue weighted by atomic mass is 10.2. The average molecular weight is 249 g/mol. The van der Waals surface area contributed by atoms with E-state index in [2.05, 4.69) is 10.3 Å². The second-order valence-electron chi connectivity index (χ2n) is 3.59. The number of nitrogens with zero attached hydrogens (tertiary/aromatic N) is 1. The molecule has 2 aromatic rings. The van der Waals surface area contributed by atoms with E-state index in [-0.39, 0.29) is 0 Å². The number of halogens is 1. The summed E-state index contributed by atoms with van der Waals surface area (Å²) in [5.41, 5.74) is 1.12. The Bertz CT molecular complexity index is 488. The monoisotopic (exact) mass is 248 g/mol. The third-order valence-electron chi connectivity index (χ3n) is 2.24. The Hall–Kier alpha value is -1.58. The molecular weight excluding hydrogens is 236 g/mol. The standard InChI is InChI=1S/C13H13ClN2O/c1-15-8-10-4-5-13(12(14)7-10)17-11-3-2-6-16-9-11/h2-7,9,15H,8H2,1H3. The first-order valence-electron chi connectivity index (χ1n) is 5.30. The van der Waals surface area contributed by atoms with Gasteiger partial charge in [0.05, 0.1) is 11.2 Å². The van der Waals surface area contributed by atoms with Crippen LogP contribution in [0.3, 0.4) is 0 Å². The minimum atomic E-state index is 0.599. The van der Waals surface area contributed by atoms with Crippen LogP contribution < -0.4 is 10.1 Å². The zero-order valence-electron chi connectivity index (χ0n) is 9.48. The van der Waals surface area contributed by atoms with Crippen molar-refractivity contribution in [2.75, 3.05) is 7.05 Å². The number of ether oxygens (including phenoxy) is 1. The number of benzene rings is 1. The van der Waals surface area contributed by atoms with Crippen LogP contribution in [-0.4, -0.2) is 12.0 Å². The van der Waals surface area contributed by atoms with E-state index >= 15 is 0 Å². The van der Waals surface area contributed by atoms with Crippen LogP contribution in [0.25, 0.3) is 0 Å². The van der Waals surface area contributed by atoms with Gasteiger partial charge in [0.1, 0.15) is 11.5 Å². The Balaban J connectivity index is 2.17. The molecule has 0 saturated carbocycles. The van der Waals surface area contributed by atoms with E-state index < -0.39 is 0 Å². The number of hydrogen-bond acceptors (Lipinski definition) is 3. The molecule has 0 bridgehead atoms. The molecule has 0 aliphatic heterocycles. The van der Waals surface area contributed by atoms with Gasteiger partial charge in [-0.15, -0.1) is 0 Å². The van der Waals surface area contributed by atoms with Crippen molar-refractivity contribution in [1.29, 1.82) is 0 Å². The molecule has 1 N–H and O–H groups in total. The number of nitrogens with one attached hydrogen (secondary N) is 1. The second-order valence-corrected chi connectivity index (χ2v) is 3.99. The summed E-state index contributed by atoms with van der Waals surface area (Å²) < 4.78 is 5.63. The maximum atomic E-state index is 6.14. The smallest absolute Gasteiger partial charge is 0.146 e. The summed E-state index contributed by atoms with van der Waals surface area (Å²) in [4.78, 5) is 3.98. The summed E-state index contributed by atoms with van der Waals surface area (Å²) in [6, 6.07) is 9.39. The van der Waals surface area contributed by atoms with Crippen LogP contribution in [0.4, 0.5) is 0 Å². The first-order valence-corrected chi connectivity index (χ1v) is 5.68. The molecule has 1 heterocycles. The predicted octanol–water partition coefficient (Wildman–Crippen LogP) is 3.25. The Morgan fingerprint density at radius 2 is 2.24 bits per heavy atom. The van der Waals surface area contributed by atoms with Crippen LogP contribution in [0, 0.1) is 0 Å². The van der Waals surface area contributed by atoms with E-state index in [0.717, 1.165) is 12.1 Å². The van der Waals surface area contributed by atoms with Gasteiger partial charge < -0.3 is 10.1 Å². The Morgan fingerprint density at radius 1 is 1.35 bits per heavy atom. The molecule has 0 saturated heterocycles. The van der Waals surface area contributed by atoms with Gasteiger partial charge in [-0.05, 0) is 36.9 Å². The van der Waals surface area contributed by atoms with Crippen LogP contribution >= 0.6 is 11.6 Å². The summed E-state index contributed by atoms with van der Waals surface area (Å²) in [5, 5.41) is 3.67. The number of rotatable bonds is 4. The first kappa shape index (κ1) is 11.9. The van der Waals surface area contributed by atoms with Crippen molar-refractivity contribution in [1.82, 2.24) is 10.3 Å². The highest BCUT2D eigenvalue weighted by Gasteiger charge is 2.04. The van der Waals surface area contributed by atoms with Crippen molar-refractivity contribution in [3.63, 3.8) is 0 Å². The van der Waals surface area contributed by atoms with E-state index in [9.17, 15) is 0 Å². The predicted molar refractivity (Wildman–Crippen MR) is 68.5 cm³/mol. The molecule has 0 amide bonds. The van der Waals surface area contributed by atoms with Crippen molar-refractivity contribution < 1.29 is 4.74 Å². The molecule has 0 radical (unpaired) electrons. The van der Waals surface area contributed by atoms with Crippen molar-refractivity contribution in [2.45, 2.75) is 6.54 Å². The van der Waals surface area contributed by atoms with E-state index in [1.54, 1.807) is 12.4 Å². The molecule has 88 valence electrons. The summed E-state index contributed by atoms with van der Waals surface area (Å²) in [5.74, 6) is 1.32. The normalized spacial score (nSPS) is 10.2. The Morgan fingerprint density at radius 3 is 2.88 bits per heavy atom. The lowest BCUT2D eigenvalue weighted by molar-refractivity contribution is 0.480. The maximum Gasteiger partial charge on any atom is 0.146 e. The largest absolute Gasteiger partial charge is 0.454 e. The molecule has 0 aliphatic rings. The van der Waals surface area contributed by atoms with E-state index in [4.69, 9.17) is 16.3 Å². The van der Waals surface area contributed by atoms with Crippen LogP contribution in [0.2, 0.25) is 5.02 Å². The van der Waals surface area contributed by atoms with Crippen LogP contribution in [-0.2, 0) is 6.54 Å². The third-order valence-corrected chi connectivity index (χ3v) is 2.53. The molecular formula is C13H13ClN2O. The highest BCUT2D eigenvalue weighted by Crippen LogP contribution is 2.29. The molecule has 0 spiro atoms. The van der Waals surface area contributed by atoms with Gasteiger partial charge in [-0.3, -0.25) is 4.98 Å². The van der Waals surface area contributed by atoms with Crippen LogP contribution in [0.15, 0.2) is 42.7 Å². The van der Waals surface area contributed by atoms with Crippen LogP contribution in [0.5, 0.6) is 11.5 Å². The molecule has 0 atom stereocenters. The van der Waals surface area contributed by atoms with E-state index in [1.165, 1.54) is 0 Å². The van der Waals surface area contributed by atoms with E-state index in [1.807, 2.05) is 37.4 Å². The molecule has 3 nitrogen and oxygen atoms in total. The lowest BCUT2D eigenvalue weighted by Crippen LogP contribution is -2.04. The van der Waals surface area contributed by atoms with Gasteiger partial charge in [-0.2, -0.15) is 0 Å². The molecule has 0 fully saturated rings. The second kappa shape index (κ2) is 5.66. The van der Waals surface area contributed by atoms with Crippen molar-refractivity contribution in [2.24, 2.45) is 0 Å². The first-order chi connectivity index (χ1) is 8.29. The topological polar surface area (TPSA) is 34.1 Å². The van der Waals surface area contributed by atoms with Crippen molar-refractivity contribution >= 4 is 11.6 Å². The van der Waals surface area contributed by atoms with E-state index in [0.29, 0.717) is 16.5 Å². The molecule has 0 unspecified atom stereocenters. The third kappa shape index (κ3) is 3.19. The number of hydrogen-bond donors (Lipinski definition) is 1. The highest BCUT2D eigenvalue weighted by atomic mass is 35.5. The zero-order chi connectivity index (χ0) is 12.1. The molecule has 4 heteroatoms. The lowest BCUT2D eigenvalue weighted by Gasteiger charge is -2.08. The zero-order valence-corrected chi connectivity index (χ0v) is 10.2. The van der Waals surface area contributed by atoms with Crippen LogP contribution in [0.1, 0.15) is 5.56 Å². The minimum absolute atomic E-state index is 0.599. The summed E-state index contributed by atoms with van der Waals surface area (Å²) in [7, 11) is 1.90. The van der Waals surface area contributed by atoms with Gasteiger partial charge in [0.25, 0.3) is 0 Å². The Labute approximate surface area is 105 Å². The summed E-state index contributed by atoms with van der Waals surface area (Å²) in [6.07, 6.45) is 3.35. The molecule has 1 aromatic heterocycles. The van der Waals surface area contributed by atoms with Gasteiger partial charge in [0.2, 0.25) is 0 Å². The molecule has 2 rings (SSSR count).